The molecule has 170 valence electrons. The number of carboxylic acids is 1. The van der Waals surface area contributed by atoms with Crippen molar-refractivity contribution in [3.8, 4) is 11.5 Å². The maximum Gasteiger partial charge on any atom is 0.490 e. The summed E-state index contributed by atoms with van der Waals surface area (Å²) in [4.78, 5) is 11.4. The van der Waals surface area contributed by atoms with Gasteiger partial charge in [0.2, 0.25) is 6.79 Å². The average Bonchev–Trinajstić information content (AvgIpc) is 3.31. The number of fused-ring (bicyclic) bond motifs is 2. The number of hydrogen-bond donors (Lipinski definition) is 1. The Hall–Kier alpha value is -2.79. The van der Waals surface area contributed by atoms with Gasteiger partial charge in [0.1, 0.15) is 0 Å². The van der Waals surface area contributed by atoms with E-state index in [0.717, 1.165) is 50.9 Å². The Kier molecular flexibility index (Phi) is 7.39. The van der Waals surface area contributed by atoms with Crippen LogP contribution < -0.4 is 9.47 Å². The standard InChI is InChI=1S/C18H23N3O3.C2HF3O2/c1-2-22-12-15-9-20(11-16-5-6-19-21(16)10-15)8-14-3-4-17-18(7-14)24-13-23-17;3-2(4,5)1(6)7/h3-7,15H,2,8-13H2,1H3;(H,6,7). The summed E-state index contributed by atoms with van der Waals surface area (Å²) in [5.74, 6) is -0.632. The molecule has 0 saturated carbocycles. The molecule has 0 radical (unpaired) electrons. The SMILES string of the molecule is CCOCC1CN(Cc2ccc3c(c2)OCO3)Cc2ccnn2C1.O=C(O)C(F)(F)F. The minimum atomic E-state index is -5.08. The highest BCUT2D eigenvalue weighted by molar-refractivity contribution is 5.73. The van der Waals surface area contributed by atoms with Gasteiger partial charge in [0.15, 0.2) is 11.5 Å². The molecule has 11 heteroatoms. The minimum Gasteiger partial charge on any atom is -0.475 e. The van der Waals surface area contributed by atoms with Crippen LogP contribution in [0, 0.1) is 5.92 Å². The average molecular weight is 443 g/mol. The molecule has 8 nitrogen and oxygen atoms in total. The summed E-state index contributed by atoms with van der Waals surface area (Å²) in [6, 6.07) is 8.31. The summed E-state index contributed by atoms with van der Waals surface area (Å²) in [5.41, 5.74) is 2.50. The quantitative estimate of drug-likeness (QED) is 0.761. The molecule has 1 N–H and O–H groups in total. The Morgan fingerprint density at radius 1 is 1.26 bits per heavy atom. The van der Waals surface area contributed by atoms with Crippen molar-refractivity contribution in [1.29, 1.82) is 0 Å². The van der Waals surface area contributed by atoms with Crippen LogP contribution in [0.4, 0.5) is 13.2 Å². The highest BCUT2D eigenvalue weighted by atomic mass is 19.4. The number of alkyl halides is 3. The van der Waals surface area contributed by atoms with Crippen LogP contribution in [0.1, 0.15) is 18.2 Å². The summed E-state index contributed by atoms with van der Waals surface area (Å²) < 4.78 is 50.4. The van der Waals surface area contributed by atoms with Gasteiger partial charge in [-0.05, 0) is 30.7 Å². The molecule has 2 aromatic rings. The lowest BCUT2D eigenvalue weighted by molar-refractivity contribution is -0.192. The minimum absolute atomic E-state index is 0.318. The number of rotatable bonds is 5. The van der Waals surface area contributed by atoms with Crippen LogP contribution in [0.2, 0.25) is 0 Å². The molecular formula is C20H24F3N3O5. The van der Waals surface area contributed by atoms with Crippen molar-refractivity contribution in [1.82, 2.24) is 14.7 Å². The summed E-state index contributed by atoms with van der Waals surface area (Å²) in [5, 5.41) is 11.6. The number of hydrogen-bond acceptors (Lipinski definition) is 6. The van der Waals surface area contributed by atoms with E-state index in [9.17, 15) is 13.2 Å². The van der Waals surface area contributed by atoms with Crippen LogP contribution in [0.5, 0.6) is 11.5 Å². The molecule has 1 aromatic heterocycles. The molecule has 0 amide bonds. The van der Waals surface area contributed by atoms with Gasteiger partial charge in [-0.3, -0.25) is 9.58 Å². The summed E-state index contributed by atoms with van der Waals surface area (Å²) in [6.45, 7) is 7.58. The normalized spacial score (nSPS) is 18.0. The van der Waals surface area contributed by atoms with Crippen molar-refractivity contribution in [3.63, 3.8) is 0 Å². The first-order valence-electron chi connectivity index (χ1n) is 9.75. The summed E-state index contributed by atoms with van der Waals surface area (Å²) in [6.07, 6.45) is -3.20. The zero-order valence-electron chi connectivity index (χ0n) is 17.0. The zero-order chi connectivity index (χ0) is 22.4. The van der Waals surface area contributed by atoms with Gasteiger partial charge in [-0.2, -0.15) is 18.3 Å². The van der Waals surface area contributed by atoms with E-state index in [2.05, 4.69) is 32.9 Å². The molecule has 0 fully saturated rings. The van der Waals surface area contributed by atoms with Crippen molar-refractivity contribution >= 4 is 5.97 Å². The monoisotopic (exact) mass is 443 g/mol. The Morgan fingerprint density at radius 3 is 2.71 bits per heavy atom. The molecular weight excluding hydrogens is 419 g/mol. The number of aromatic nitrogens is 2. The second kappa shape index (κ2) is 10.0. The molecule has 0 spiro atoms. The van der Waals surface area contributed by atoms with Crippen LogP contribution >= 0.6 is 0 Å². The van der Waals surface area contributed by atoms with Crippen molar-refractivity contribution in [2.75, 3.05) is 26.6 Å². The predicted octanol–water partition coefficient (Wildman–Crippen LogP) is 2.91. The molecule has 0 saturated heterocycles. The number of benzene rings is 1. The fourth-order valence-corrected chi connectivity index (χ4v) is 3.43. The van der Waals surface area contributed by atoms with Crippen LogP contribution in [-0.2, 0) is 29.2 Å². The number of halogens is 3. The second-order valence-electron chi connectivity index (χ2n) is 7.19. The topological polar surface area (TPSA) is 86.1 Å². The molecule has 2 aliphatic heterocycles. The van der Waals surface area contributed by atoms with Gasteiger partial charge in [-0.1, -0.05) is 6.07 Å². The number of aliphatic carboxylic acids is 1. The third-order valence-corrected chi connectivity index (χ3v) is 4.78. The van der Waals surface area contributed by atoms with E-state index in [-0.39, 0.29) is 0 Å². The maximum atomic E-state index is 10.6. The Bertz CT molecular complexity index is 887. The van der Waals surface area contributed by atoms with Crippen LogP contribution in [0.25, 0.3) is 0 Å². The van der Waals surface area contributed by atoms with Gasteiger partial charge in [0.25, 0.3) is 0 Å². The maximum absolute atomic E-state index is 10.6. The third kappa shape index (κ3) is 6.34. The molecule has 3 heterocycles. The molecule has 4 rings (SSSR count). The van der Waals surface area contributed by atoms with Gasteiger partial charge in [0.05, 0.1) is 12.3 Å². The van der Waals surface area contributed by atoms with Crippen molar-refractivity contribution in [3.05, 3.63) is 41.7 Å². The van der Waals surface area contributed by atoms with Crippen molar-refractivity contribution < 1.29 is 37.3 Å². The van der Waals surface area contributed by atoms with E-state index in [1.807, 2.05) is 19.2 Å². The molecule has 1 unspecified atom stereocenters. The summed E-state index contributed by atoms with van der Waals surface area (Å²) in [7, 11) is 0. The second-order valence-corrected chi connectivity index (χ2v) is 7.19. The van der Waals surface area contributed by atoms with E-state index in [1.165, 1.54) is 11.3 Å². The van der Waals surface area contributed by atoms with E-state index in [4.69, 9.17) is 24.1 Å². The van der Waals surface area contributed by atoms with Crippen LogP contribution in [0.15, 0.2) is 30.5 Å². The number of carboxylic acid groups (broad SMARTS) is 1. The van der Waals surface area contributed by atoms with Crippen molar-refractivity contribution in [2.24, 2.45) is 5.92 Å². The molecule has 0 bridgehead atoms. The first-order chi connectivity index (χ1) is 14.8. The Morgan fingerprint density at radius 2 is 2.00 bits per heavy atom. The van der Waals surface area contributed by atoms with Gasteiger partial charge in [-0.15, -0.1) is 0 Å². The van der Waals surface area contributed by atoms with Crippen LogP contribution in [-0.4, -0.2) is 58.5 Å². The smallest absolute Gasteiger partial charge is 0.475 e. The largest absolute Gasteiger partial charge is 0.490 e. The van der Waals surface area contributed by atoms with Gasteiger partial charge < -0.3 is 19.3 Å². The Balaban J connectivity index is 0.000000339. The molecule has 1 atom stereocenters. The fraction of sp³-hybridized carbons (Fsp3) is 0.500. The fourth-order valence-electron chi connectivity index (χ4n) is 3.43. The number of nitrogens with zero attached hydrogens (tertiary/aromatic N) is 3. The lowest BCUT2D eigenvalue weighted by Gasteiger charge is -2.24. The first-order valence-corrected chi connectivity index (χ1v) is 9.75. The van der Waals surface area contributed by atoms with E-state index in [0.29, 0.717) is 12.7 Å². The van der Waals surface area contributed by atoms with Crippen molar-refractivity contribution in [2.45, 2.75) is 32.7 Å². The van der Waals surface area contributed by atoms with Gasteiger partial charge >= 0.3 is 12.1 Å². The predicted molar refractivity (Wildman–Crippen MR) is 103 cm³/mol. The number of carbonyl (C=O) groups is 1. The summed E-state index contributed by atoms with van der Waals surface area (Å²) >= 11 is 0. The van der Waals surface area contributed by atoms with Gasteiger partial charge in [0, 0.05) is 44.9 Å². The zero-order valence-corrected chi connectivity index (χ0v) is 17.0. The third-order valence-electron chi connectivity index (χ3n) is 4.78. The highest BCUT2D eigenvalue weighted by Gasteiger charge is 2.38. The van der Waals surface area contributed by atoms with E-state index < -0.39 is 12.1 Å². The molecule has 2 aliphatic rings. The lowest BCUT2D eigenvalue weighted by atomic mass is 10.1. The van der Waals surface area contributed by atoms with E-state index in [1.54, 1.807) is 0 Å². The highest BCUT2D eigenvalue weighted by Crippen LogP contribution is 2.33. The van der Waals surface area contributed by atoms with Crippen LogP contribution in [0.3, 0.4) is 0 Å². The molecule has 31 heavy (non-hydrogen) atoms. The molecule has 0 aliphatic carbocycles. The molecule has 1 aromatic carbocycles. The Labute approximate surface area is 177 Å². The number of ether oxygens (including phenoxy) is 3. The lowest BCUT2D eigenvalue weighted by Crippen LogP contribution is -2.30. The first kappa shape index (κ1) is 22.9. The van der Waals surface area contributed by atoms with Gasteiger partial charge in [-0.25, -0.2) is 4.79 Å². The van der Waals surface area contributed by atoms with E-state index >= 15 is 0 Å².